The third-order valence-electron chi connectivity index (χ3n) is 4.95. The second-order valence-electron chi connectivity index (χ2n) is 7.11. The molecule has 0 aliphatic rings. The van der Waals surface area contributed by atoms with Crippen LogP contribution in [0.2, 0.25) is 5.02 Å². The molecular weight excluding hydrogens is 421 g/mol. The van der Waals surface area contributed by atoms with E-state index in [1.165, 1.54) is 6.54 Å². The van der Waals surface area contributed by atoms with Crippen molar-refractivity contribution in [2.75, 3.05) is 30.3 Å². The van der Waals surface area contributed by atoms with Gasteiger partial charge in [-0.15, -0.1) is 0 Å². The quantitative estimate of drug-likeness (QED) is 0.446. The molecule has 0 aliphatic heterocycles. The minimum atomic E-state index is -0.222. The Bertz CT molecular complexity index is 793. The summed E-state index contributed by atoms with van der Waals surface area (Å²) in [4.78, 5) is 26.0. The van der Waals surface area contributed by atoms with E-state index in [1.54, 1.807) is 53.4 Å². The number of nitrogens with one attached hydrogen (secondary N) is 3. The van der Waals surface area contributed by atoms with Crippen LogP contribution in [0.25, 0.3) is 0 Å². The summed E-state index contributed by atoms with van der Waals surface area (Å²) >= 11 is 5.93. The van der Waals surface area contributed by atoms with E-state index in [9.17, 15) is 9.59 Å². The highest BCUT2D eigenvalue weighted by molar-refractivity contribution is 6.31. The van der Waals surface area contributed by atoms with E-state index in [2.05, 4.69) is 24.5 Å². The topological polar surface area (TPSA) is 62.6 Å². The second-order valence-corrected chi connectivity index (χ2v) is 7.54. The first-order valence-corrected chi connectivity index (χ1v) is 10.7. The van der Waals surface area contributed by atoms with Crippen molar-refractivity contribution in [1.82, 2.24) is 0 Å². The van der Waals surface area contributed by atoms with E-state index < -0.39 is 0 Å². The normalized spacial score (nSPS) is 10.4. The van der Waals surface area contributed by atoms with Gasteiger partial charge in [0, 0.05) is 28.4 Å². The second kappa shape index (κ2) is 14.0. The molecule has 0 unspecified atom stereocenters. The number of unbranched alkanes of at least 4 members (excludes halogenated alkanes) is 2. The first kappa shape index (κ1) is 26.0. The van der Waals surface area contributed by atoms with Crippen LogP contribution in [-0.2, 0) is 4.79 Å². The fraction of sp³-hybridized carbons (Fsp3) is 0.391. The predicted molar refractivity (Wildman–Crippen MR) is 120 cm³/mol. The minimum Gasteiger partial charge on any atom is -1.00 e. The Kier molecular flexibility index (Phi) is 12.1. The summed E-state index contributed by atoms with van der Waals surface area (Å²) in [6, 6.07) is 13.9. The number of hydrogen-bond acceptors (Lipinski definition) is 2. The summed E-state index contributed by atoms with van der Waals surface area (Å²) in [6.45, 7) is 7.90. The lowest BCUT2D eigenvalue weighted by atomic mass is 10.1. The third-order valence-corrected chi connectivity index (χ3v) is 5.18. The molecule has 0 radical (unpaired) electrons. The van der Waals surface area contributed by atoms with Crippen molar-refractivity contribution in [2.24, 2.45) is 0 Å². The number of carbonyl (C=O) groups is 2. The molecule has 2 rings (SSSR count). The lowest BCUT2D eigenvalue weighted by Gasteiger charge is -2.14. The van der Waals surface area contributed by atoms with Crippen LogP contribution in [0.4, 0.5) is 11.4 Å². The molecule has 0 fully saturated rings. The molecule has 0 bridgehead atoms. The van der Waals surface area contributed by atoms with Crippen LogP contribution >= 0.6 is 11.6 Å². The summed E-state index contributed by atoms with van der Waals surface area (Å²) in [5, 5.41) is 6.26. The summed E-state index contributed by atoms with van der Waals surface area (Å²) < 4.78 is 0. The molecular formula is C23H31Cl2N3O2. The molecule has 3 N–H and O–H groups in total. The number of amides is 2. The molecule has 5 nitrogen and oxygen atoms in total. The van der Waals surface area contributed by atoms with Gasteiger partial charge in [0.1, 0.15) is 0 Å². The van der Waals surface area contributed by atoms with Crippen molar-refractivity contribution in [3.8, 4) is 0 Å². The Morgan fingerprint density at radius 3 is 2.23 bits per heavy atom. The fourth-order valence-electron chi connectivity index (χ4n) is 3.14. The summed E-state index contributed by atoms with van der Waals surface area (Å²) in [5.74, 6) is -0.211. The van der Waals surface area contributed by atoms with Crippen LogP contribution < -0.4 is 27.9 Å². The predicted octanol–water partition coefficient (Wildman–Crippen LogP) is 1.02. The first-order chi connectivity index (χ1) is 14.0. The number of halogens is 2. The van der Waals surface area contributed by atoms with Gasteiger partial charge in [-0.05, 0) is 75.6 Å². The molecule has 7 heteroatoms. The zero-order valence-electron chi connectivity index (χ0n) is 17.6. The monoisotopic (exact) mass is 451 g/mol. The van der Waals surface area contributed by atoms with Gasteiger partial charge in [-0.1, -0.05) is 17.7 Å². The van der Waals surface area contributed by atoms with Gasteiger partial charge in [-0.2, -0.15) is 0 Å². The molecule has 0 saturated heterocycles. The van der Waals surface area contributed by atoms with Crippen molar-refractivity contribution in [3.63, 3.8) is 0 Å². The van der Waals surface area contributed by atoms with E-state index in [0.29, 0.717) is 28.4 Å². The zero-order chi connectivity index (χ0) is 21.1. The summed E-state index contributed by atoms with van der Waals surface area (Å²) in [5.41, 5.74) is 1.85. The average Bonchev–Trinajstić information content (AvgIpc) is 2.71. The largest absolute Gasteiger partial charge is 1.00 e. The van der Waals surface area contributed by atoms with Gasteiger partial charge in [0.05, 0.1) is 19.6 Å². The molecule has 0 atom stereocenters. The number of quaternary nitrogens is 1. The maximum absolute atomic E-state index is 12.3. The molecule has 0 aromatic heterocycles. The number of benzene rings is 2. The van der Waals surface area contributed by atoms with Gasteiger partial charge in [0.2, 0.25) is 5.91 Å². The fourth-order valence-corrected chi connectivity index (χ4v) is 3.33. The molecule has 2 amide bonds. The highest BCUT2D eigenvalue weighted by Crippen LogP contribution is 2.17. The summed E-state index contributed by atoms with van der Waals surface area (Å²) in [7, 11) is 0. The van der Waals surface area contributed by atoms with Crippen LogP contribution in [0.15, 0.2) is 48.5 Å². The van der Waals surface area contributed by atoms with Gasteiger partial charge >= 0.3 is 0 Å². The van der Waals surface area contributed by atoms with E-state index >= 15 is 0 Å². The summed E-state index contributed by atoms with van der Waals surface area (Å²) in [6.07, 6.45) is 3.64. The van der Waals surface area contributed by atoms with E-state index in [-0.39, 0.29) is 24.2 Å². The molecule has 30 heavy (non-hydrogen) atoms. The van der Waals surface area contributed by atoms with Gasteiger partial charge in [0.15, 0.2) is 0 Å². The van der Waals surface area contributed by atoms with Crippen LogP contribution in [0.5, 0.6) is 0 Å². The van der Waals surface area contributed by atoms with Crippen molar-refractivity contribution in [3.05, 3.63) is 59.1 Å². The molecule has 0 heterocycles. The van der Waals surface area contributed by atoms with Crippen molar-refractivity contribution in [2.45, 2.75) is 39.5 Å². The Morgan fingerprint density at radius 1 is 0.900 bits per heavy atom. The van der Waals surface area contributed by atoms with Gasteiger partial charge in [0.25, 0.3) is 5.91 Å². The van der Waals surface area contributed by atoms with Crippen LogP contribution in [0.3, 0.4) is 0 Å². The Hall–Kier alpha value is -2.08. The van der Waals surface area contributed by atoms with Gasteiger partial charge < -0.3 is 27.9 Å². The molecule has 164 valence electrons. The van der Waals surface area contributed by atoms with E-state index in [0.717, 1.165) is 32.4 Å². The number of carbonyl (C=O) groups excluding carboxylic acids is 2. The standard InChI is InChI=1S/C23H30ClN3O2.ClH/c1-3-27(4-2)16-7-5-6-11-22(28)25-20-14-12-18(13-15-20)23(29)26-21-10-8-9-19(24)17-21;/h8-10,12-15,17H,3-7,11,16H2,1-2H3,(H,25,28)(H,26,29);1H. The van der Waals surface area contributed by atoms with Crippen molar-refractivity contribution >= 4 is 34.8 Å². The van der Waals surface area contributed by atoms with E-state index in [4.69, 9.17) is 11.6 Å². The van der Waals surface area contributed by atoms with E-state index in [1.807, 2.05) is 0 Å². The van der Waals surface area contributed by atoms with Gasteiger partial charge in [-0.25, -0.2) is 0 Å². The Balaban J connectivity index is 0.00000450. The Morgan fingerprint density at radius 2 is 1.60 bits per heavy atom. The number of hydrogen-bond donors (Lipinski definition) is 3. The SMILES string of the molecule is CC[NH+](CC)CCCCCC(=O)Nc1ccc(C(=O)Nc2cccc(Cl)c2)cc1.[Cl-]. The average molecular weight is 452 g/mol. The third kappa shape index (κ3) is 9.16. The number of rotatable bonds is 11. The Labute approximate surface area is 190 Å². The van der Waals surface area contributed by atoms with Crippen LogP contribution in [0, 0.1) is 0 Å². The van der Waals surface area contributed by atoms with Crippen LogP contribution in [0.1, 0.15) is 49.9 Å². The van der Waals surface area contributed by atoms with Gasteiger partial charge in [-0.3, -0.25) is 9.59 Å². The lowest BCUT2D eigenvalue weighted by Crippen LogP contribution is -3.11. The molecule has 0 aliphatic carbocycles. The molecule has 2 aromatic rings. The van der Waals surface area contributed by atoms with Crippen molar-refractivity contribution in [1.29, 1.82) is 0 Å². The highest BCUT2D eigenvalue weighted by Gasteiger charge is 2.08. The molecule has 2 aromatic carbocycles. The smallest absolute Gasteiger partial charge is 0.255 e. The number of anilines is 2. The minimum absolute atomic E-state index is 0. The maximum Gasteiger partial charge on any atom is 0.255 e. The molecule has 0 saturated carbocycles. The molecule has 0 spiro atoms. The zero-order valence-corrected chi connectivity index (χ0v) is 19.2. The highest BCUT2D eigenvalue weighted by atomic mass is 35.5. The van der Waals surface area contributed by atoms with Crippen LogP contribution in [-0.4, -0.2) is 31.4 Å². The van der Waals surface area contributed by atoms with Crippen molar-refractivity contribution < 1.29 is 26.9 Å². The maximum atomic E-state index is 12.3. The first-order valence-electron chi connectivity index (χ1n) is 10.3. The lowest BCUT2D eigenvalue weighted by molar-refractivity contribution is -0.896.